The molecule has 4 heterocycles. The van der Waals surface area contributed by atoms with Crippen molar-refractivity contribution in [2.45, 2.75) is 19.3 Å². The van der Waals surface area contributed by atoms with Gasteiger partial charge in [-0.2, -0.15) is 9.61 Å². The van der Waals surface area contributed by atoms with Crippen LogP contribution in [0.15, 0.2) is 12.3 Å². The predicted molar refractivity (Wildman–Crippen MR) is 89.7 cm³/mol. The number of fused-ring (bicyclic) bond motifs is 2. The topological polar surface area (TPSA) is 74.0 Å². The third-order valence-corrected chi connectivity index (χ3v) is 5.99. The molecule has 3 atom stereocenters. The van der Waals surface area contributed by atoms with E-state index in [9.17, 15) is 13.6 Å². The van der Waals surface area contributed by atoms with Crippen LogP contribution in [0.25, 0.3) is 5.65 Å². The molecule has 9 heteroatoms. The highest BCUT2D eigenvalue weighted by Crippen LogP contribution is 2.54. The van der Waals surface area contributed by atoms with Crippen LogP contribution in [0.2, 0.25) is 0 Å². The molecule has 1 N–H and O–H groups in total. The summed E-state index contributed by atoms with van der Waals surface area (Å²) < 4.78 is 28.2. The lowest BCUT2D eigenvalue weighted by Crippen LogP contribution is -2.38. The lowest BCUT2D eigenvalue weighted by Gasteiger charge is -2.33. The van der Waals surface area contributed by atoms with Gasteiger partial charge in [0.05, 0.1) is 11.8 Å². The molecule has 1 saturated carbocycles. The summed E-state index contributed by atoms with van der Waals surface area (Å²) in [6.45, 7) is 3.25. The fourth-order valence-corrected chi connectivity index (χ4v) is 4.38. The molecule has 3 aliphatic rings. The molecule has 2 aromatic heterocycles. The summed E-state index contributed by atoms with van der Waals surface area (Å²) >= 11 is 0. The van der Waals surface area contributed by atoms with Crippen molar-refractivity contribution >= 4 is 23.3 Å². The molecule has 2 saturated heterocycles. The fourth-order valence-electron chi connectivity index (χ4n) is 4.38. The summed E-state index contributed by atoms with van der Waals surface area (Å²) in [5.41, 5.74) is 0.0591. The Morgan fingerprint density at radius 1 is 1.27 bits per heavy atom. The van der Waals surface area contributed by atoms with Gasteiger partial charge in [0.2, 0.25) is 0 Å². The SMILES string of the molecule is O=C(O)CC1[C@H]2CN(c3cc(N4CCC4)nc4c(C(F)F)cnn34)C[C@@H]12. The summed E-state index contributed by atoms with van der Waals surface area (Å²) in [4.78, 5) is 19.6. The molecule has 7 nitrogen and oxygen atoms in total. The Bertz CT molecular complexity index is 869. The van der Waals surface area contributed by atoms with Gasteiger partial charge in [0, 0.05) is 38.7 Å². The average molecular weight is 363 g/mol. The number of carboxylic acid groups (broad SMARTS) is 1. The van der Waals surface area contributed by atoms with Crippen molar-refractivity contribution in [2.24, 2.45) is 17.8 Å². The zero-order valence-electron chi connectivity index (χ0n) is 14.1. The number of hydrogen-bond acceptors (Lipinski definition) is 5. The van der Waals surface area contributed by atoms with Crippen LogP contribution in [0.3, 0.4) is 0 Å². The van der Waals surface area contributed by atoms with Gasteiger partial charge in [0.25, 0.3) is 6.43 Å². The largest absolute Gasteiger partial charge is 0.481 e. The Kier molecular flexibility index (Phi) is 3.35. The zero-order valence-corrected chi connectivity index (χ0v) is 14.1. The van der Waals surface area contributed by atoms with Gasteiger partial charge >= 0.3 is 5.97 Å². The minimum Gasteiger partial charge on any atom is -0.481 e. The molecule has 1 unspecified atom stereocenters. The quantitative estimate of drug-likeness (QED) is 0.876. The van der Waals surface area contributed by atoms with Gasteiger partial charge < -0.3 is 14.9 Å². The van der Waals surface area contributed by atoms with Crippen molar-refractivity contribution < 1.29 is 18.7 Å². The first-order valence-electron chi connectivity index (χ1n) is 8.91. The van der Waals surface area contributed by atoms with E-state index >= 15 is 0 Å². The zero-order chi connectivity index (χ0) is 18.0. The second-order valence-electron chi connectivity index (χ2n) is 7.44. The molecule has 5 rings (SSSR count). The number of hydrogen-bond donors (Lipinski definition) is 1. The maximum atomic E-state index is 13.3. The van der Waals surface area contributed by atoms with Crippen LogP contribution in [0.5, 0.6) is 0 Å². The number of aromatic nitrogens is 3. The van der Waals surface area contributed by atoms with E-state index in [1.54, 1.807) is 0 Å². The second kappa shape index (κ2) is 5.52. The Morgan fingerprint density at radius 3 is 2.58 bits per heavy atom. The van der Waals surface area contributed by atoms with Crippen LogP contribution < -0.4 is 9.80 Å². The minimum absolute atomic E-state index is 0.151. The first kappa shape index (κ1) is 15.8. The van der Waals surface area contributed by atoms with Gasteiger partial charge in [0.15, 0.2) is 5.65 Å². The van der Waals surface area contributed by atoms with Gasteiger partial charge in [-0.25, -0.2) is 13.8 Å². The molecule has 138 valence electrons. The number of nitrogens with zero attached hydrogens (tertiary/aromatic N) is 5. The molecule has 1 aliphatic carbocycles. The van der Waals surface area contributed by atoms with Crippen LogP contribution in [-0.4, -0.2) is 51.9 Å². The number of alkyl halides is 2. The van der Waals surface area contributed by atoms with Crippen LogP contribution in [0.1, 0.15) is 24.8 Å². The van der Waals surface area contributed by atoms with Gasteiger partial charge in [-0.1, -0.05) is 0 Å². The minimum atomic E-state index is -2.62. The van der Waals surface area contributed by atoms with E-state index in [0.717, 1.165) is 38.4 Å². The molecule has 3 fully saturated rings. The fraction of sp³-hybridized carbons (Fsp3) is 0.588. The summed E-state index contributed by atoms with van der Waals surface area (Å²) in [6, 6.07) is 1.92. The third-order valence-electron chi connectivity index (χ3n) is 5.99. The summed E-state index contributed by atoms with van der Waals surface area (Å²) in [6.07, 6.45) is -0.133. The summed E-state index contributed by atoms with van der Waals surface area (Å²) in [7, 11) is 0. The van der Waals surface area contributed by atoms with Gasteiger partial charge in [-0.3, -0.25) is 4.79 Å². The Balaban J connectivity index is 1.48. The monoisotopic (exact) mass is 363 g/mol. The average Bonchev–Trinajstić information content (AvgIpc) is 2.92. The van der Waals surface area contributed by atoms with E-state index in [1.807, 2.05) is 6.07 Å². The van der Waals surface area contributed by atoms with Crippen molar-refractivity contribution in [1.82, 2.24) is 14.6 Å². The number of rotatable bonds is 5. The van der Waals surface area contributed by atoms with E-state index < -0.39 is 12.4 Å². The molecular weight excluding hydrogens is 344 g/mol. The molecule has 0 bridgehead atoms. The third kappa shape index (κ3) is 2.33. The van der Waals surface area contributed by atoms with Crippen LogP contribution >= 0.6 is 0 Å². The van der Waals surface area contributed by atoms with Crippen molar-refractivity contribution in [2.75, 3.05) is 36.0 Å². The summed E-state index contributed by atoms with van der Waals surface area (Å²) in [5.74, 6) is 1.70. The molecule has 2 aliphatic heterocycles. The molecule has 0 spiro atoms. The van der Waals surface area contributed by atoms with Crippen molar-refractivity contribution in [3.8, 4) is 0 Å². The van der Waals surface area contributed by atoms with E-state index in [-0.39, 0.29) is 23.5 Å². The normalized spacial score (nSPS) is 27.1. The van der Waals surface area contributed by atoms with Crippen LogP contribution in [0.4, 0.5) is 20.4 Å². The first-order chi connectivity index (χ1) is 12.5. The smallest absolute Gasteiger partial charge is 0.303 e. The highest BCUT2D eigenvalue weighted by atomic mass is 19.3. The molecule has 0 radical (unpaired) electrons. The molecule has 2 aromatic rings. The lowest BCUT2D eigenvalue weighted by atomic mass is 10.2. The Morgan fingerprint density at radius 2 is 2.00 bits per heavy atom. The van der Waals surface area contributed by atoms with Crippen LogP contribution in [-0.2, 0) is 4.79 Å². The molecular formula is C17H19F2N5O2. The standard InChI is InChI=1S/C17H19F2N5O2/c18-16(19)10-6-20-24-14(5-13(21-17(10)24)22-2-1-3-22)23-7-11-9(4-15(25)26)12(11)8-23/h5-6,9,11-12,16H,1-4,7-8H2,(H,25,26)/t9?,11-,12+. The van der Waals surface area contributed by atoms with Crippen molar-refractivity contribution in [3.05, 3.63) is 17.8 Å². The van der Waals surface area contributed by atoms with Crippen molar-refractivity contribution in [3.63, 3.8) is 0 Å². The Hall–Kier alpha value is -2.45. The number of halogens is 2. The lowest BCUT2D eigenvalue weighted by molar-refractivity contribution is -0.137. The second-order valence-corrected chi connectivity index (χ2v) is 7.44. The number of carboxylic acids is 1. The van der Waals surface area contributed by atoms with Gasteiger partial charge in [-0.05, 0) is 24.2 Å². The number of carbonyl (C=O) groups is 1. The Labute approximate surface area is 148 Å². The van der Waals surface area contributed by atoms with E-state index in [4.69, 9.17) is 5.11 Å². The first-order valence-corrected chi connectivity index (χ1v) is 8.91. The molecule has 0 aromatic carbocycles. The van der Waals surface area contributed by atoms with E-state index in [0.29, 0.717) is 17.7 Å². The summed E-state index contributed by atoms with van der Waals surface area (Å²) in [5, 5.41) is 13.1. The highest BCUT2D eigenvalue weighted by molar-refractivity contribution is 5.68. The number of aliphatic carboxylic acids is 1. The van der Waals surface area contributed by atoms with Gasteiger partial charge in [-0.15, -0.1) is 0 Å². The van der Waals surface area contributed by atoms with Crippen LogP contribution in [0, 0.1) is 17.8 Å². The van der Waals surface area contributed by atoms with E-state index in [1.165, 1.54) is 10.7 Å². The predicted octanol–water partition coefficient (Wildman–Crippen LogP) is 2.03. The molecule has 0 amide bonds. The van der Waals surface area contributed by atoms with E-state index in [2.05, 4.69) is 19.9 Å². The number of piperidine rings is 1. The molecule has 26 heavy (non-hydrogen) atoms. The maximum Gasteiger partial charge on any atom is 0.303 e. The van der Waals surface area contributed by atoms with Gasteiger partial charge in [0.1, 0.15) is 11.6 Å². The number of anilines is 2. The maximum absolute atomic E-state index is 13.3. The highest BCUT2D eigenvalue weighted by Gasteiger charge is 2.56. The van der Waals surface area contributed by atoms with Crippen molar-refractivity contribution in [1.29, 1.82) is 0 Å².